The third kappa shape index (κ3) is 4.19. The van der Waals surface area contributed by atoms with Crippen LogP contribution in [0.15, 0.2) is 54.6 Å². The van der Waals surface area contributed by atoms with Gasteiger partial charge < -0.3 is 9.47 Å². The number of ether oxygens (including phenoxy) is 2. The summed E-state index contributed by atoms with van der Waals surface area (Å²) in [6.07, 6.45) is 0. The highest BCUT2D eigenvalue weighted by Crippen LogP contribution is 2.39. The Hall–Kier alpha value is -2.47. The van der Waals surface area contributed by atoms with Crippen molar-refractivity contribution in [3.8, 4) is 5.75 Å². The van der Waals surface area contributed by atoms with Gasteiger partial charge >= 0.3 is 5.97 Å². The number of anilines is 1. The van der Waals surface area contributed by atoms with Gasteiger partial charge in [-0.05, 0) is 24.6 Å². The van der Waals surface area contributed by atoms with E-state index in [2.05, 4.69) is 0 Å². The molecule has 0 saturated heterocycles. The normalized spacial score (nSPS) is 15.7. The Morgan fingerprint density at radius 2 is 1.85 bits per heavy atom. The van der Waals surface area contributed by atoms with Crippen LogP contribution >= 0.6 is 11.8 Å². The van der Waals surface area contributed by atoms with Crippen molar-refractivity contribution in [3.63, 3.8) is 0 Å². The Morgan fingerprint density at radius 1 is 1.12 bits per heavy atom. The minimum Gasteiger partial charge on any atom is -0.489 e. The number of carbonyl (C=O) groups excluding carboxylic acids is 2. The molecule has 0 aliphatic carbocycles. The summed E-state index contributed by atoms with van der Waals surface area (Å²) in [5, 5.41) is 0. The standard InChI is InChI=1S/C20H21NO4S/c1-2-24-20(23)14-26-13-19(22)21-16-10-6-7-11-18(16)25-12-17(21)15-8-4-3-5-9-15/h3-11,17H,2,12-14H2,1H3. The average molecular weight is 371 g/mol. The minimum atomic E-state index is -0.299. The fourth-order valence-electron chi connectivity index (χ4n) is 2.91. The first-order chi connectivity index (χ1) is 12.7. The SMILES string of the molecule is CCOC(=O)CSCC(=O)N1c2ccccc2OCC1c1ccccc1. The number of carbonyl (C=O) groups is 2. The first-order valence-corrected chi connectivity index (χ1v) is 9.68. The Labute approximate surface area is 157 Å². The molecule has 1 atom stereocenters. The van der Waals surface area contributed by atoms with Crippen LogP contribution in [-0.4, -0.2) is 36.6 Å². The van der Waals surface area contributed by atoms with E-state index in [0.717, 1.165) is 11.3 Å². The van der Waals surface area contributed by atoms with Crippen LogP contribution in [0.1, 0.15) is 18.5 Å². The summed E-state index contributed by atoms with van der Waals surface area (Å²) in [5.74, 6) is 0.720. The number of hydrogen-bond acceptors (Lipinski definition) is 5. The van der Waals surface area contributed by atoms with Gasteiger partial charge in [-0.2, -0.15) is 0 Å². The summed E-state index contributed by atoms with van der Waals surface area (Å²) in [6, 6.07) is 17.2. The van der Waals surface area contributed by atoms with Crippen molar-refractivity contribution < 1.29 is 19.1 Å². The fraction of sp³-hybridized carbons (Fsp3) is 0.300. The third-order valence-corrected chi connectivity index (χ3v) is 4.93. The number of para-hydroxylation sites is 2. The topological polar surface area (TPSA) is 55.8 Å². The zero-order valence-corrected chi connectivity index (χ0v) is 15.4. The molecule has 6 heteroatoms. The van der Waals surface area contributed by atoms with Crippen LogP contribution in [0.4, 0.5) is 5.69 Å². The maximum Gasteiger partial charge on any atom is 0.315 e. The second kappa shape index (κ2) is 8.76. The van der Waals surface area contributed by atoms with E-state index in [4.69, 9.17) is 9.47 Å². The Bertz CT molecular complexity index is 765. The number of rotatable bonds is 6. The van der Waals surface area contributed by atoms with E-state index < -0.39 is 0 Å². The molecule has 1 aliphatic rings. The van der Waals surface area contributed by atoms with Crippen LogP contribution < -0.4 is 9.64 Å². The molecule has 0 aromatic heterocycles. The molecule has 0 radical (unpaired) electrons. The smallest absolute Gasteiger partial charge is 0.315 e. The van der Waals surface area contributed by atoms with E-state index in [1.54, 1.807) is 11.8 Å². The lowest BCUT2D eigenvalue weighted by Crippen LogP contribution is -2.42. The molecular weight excluding hydrogens is 350 g/mol. The number of benzene rings is 2. The Kier molecular flexibility index (Phi) is 6.17. The molecule has 0 bridgehead atoms. The summed E-state index contributed by atoms with van der Waals surface area (Å²) in [6.45, 7) is 2.51. The number of amides is 1. The lowest BCUT2D eigenvalue weighted by Gasteiger charge is -2.37. The summed E-state index contributed by atoms with van der Waals surface area (Å²) in [7, 11) is 0. The van der Waals surface area contributed by atoms with Crippen molar-refractivity contribution in [2.45, 2.75) is 13.0 Å². The van der Waals surface area contributed by atoms with Gasteiger partial charge in [0.2, 0.25) is 5.91 Å². The number of fused-ring (bicyclic) bond motifs is 1. The first kappa shape index (κ1) is 18.3. The van der Waals surface area contributed by atoms with Gasteiger partial charge in [0.05, 0.1) is 29.8 Å². The van der Waals surface area contributed by atoms with Gasteiger partial charge in [0, 0.05) is 0 Å². The molecule has 2 aromatic rings. The molecule has 136 valence electrons. The molecule has 0 saturated carbocycles. The van der Waals surface area contributed by atoms with Crippen molar-refractivity contribution in [1.82, 2.24) is 0 Å². The number of esters is 1. The molecule has 0 fully saturated rings. The molecule has 26 heavy (non-hydrogen) atoms. The van der Waals surface area contributed by atoms with E-state index in [9.17, 15) is 9.59 Å². The second-order valence-corrected chi connectivity index (χ2v) is 6.75. The Balaban J connectivity index is 1.79. The van der Waals surface area contributed by atoms with Crippen molar-refractivity contribution in [1.29, 1.82) is 0 Å². The lowest BCUT2D eigenvalue weighted by atomic mass is 10.0. The average Bonchev–Trinajstić information content (AvgIpc) is 2.68. The molecule has 1 amide bonds. The van der Waals surface area contributed by atoms with Crippen molar-refractivity contribution in [2.24, 2.45) is 0 Å². The molecule has 1 aliphatic heterocycles. The van der Waals surface area contributed by atoms with Gasteiger partial charge in [0.1, 0.15) is 12.4 Å². The van der Waals surface area contributed by atoms with Crippen LogP contribution in [0.5, 0.6) is 5.75 Å². The maximum absolute atomic E-state index is 13.0. The van der Waals surface area contributed by atoms with Crippen LogP contribution in [0.25, 0.3) is 0 Å². The fourth-order valence-corrected chi connectivity index (χ4v) is 3.58. The summed E-state index contributed by atoms with van der Waals surface area (Å²) < 4.78 is 10.8. The molecule has 1 unspecified atom stereocenters. The van der Waals surface area contributed by atoms with E-state index in [-0.39, 0.29) is 29.4 Å². The predicted molar refractivity (Wildman–Crippen MR) is 103 cm³/mol. The van der Waals surface area contributed by atoms with E-state index in [0.29, 0.717) is 19.0 Å². The van der Waals surface area contributed by atoms with Crippen LogP contribution in [0.3, 0.4) is 0 Å². The third-order valence-electron chi connectivity index (χ3n) is 4.04. The van der Waals surface area contributed by atoms with Crippen LogP contribution in [0, 0.1) is 0 Å². The maximum atomic E-state index is 13.0. The molecule has 5 nitrogen and oxygen atoms in total. The lowest BCUT2D eigenvalue weighted by molar-refractivity contribution is -0.139. The van der Waals surface area contributed by atoms with Gasteiger partial charge in [-0.15, -0.1) is 11.8 Å². The minimum absolute atomic E-state index is 0.0519. The summed E-state index contributed by atoms with van der Waals surface area (Å²) in [4.78, 5) is 26.3. The van der Waals surface area contributed by atoms with E-state index in [1.807, 2.05) is 54.6 Å². The zero-order valence-electron chi connectivity index (χ0n) is 14.6. The number of hydrogen-bond donors (Lipinski definition) is 0. The second-order valence-electron chi connectivity index (χ2n) is 5.77. The zero-order chi connectivity index (χ0) is 18.4. The number of thioether (sulfide) groups is 1. The number of nitrogens with zero attached hydrogens (tertiary/aromatic N) is 1. The summed E-state index contributed by atoms with van der Waals surface area (Å²) >= 11 is 1.27. The largest absolute Gasteiger partial charge is 0.489 e. The van der Waals surface area contributed by atoms with Crippen LogP contribution in [-0.2, 0) is 14.3 Å². The molecule has 0 spiro atoms. The van der Waals surface area contributed by atoms with Crippen molar-refractivity contribution in [2.75, 3.05) is 29.6 Å². The summed E-state index contributed by atoms with van der Waals surface area (Å²) in [5.41, 5.74) is 1.78. The quantitative estimate of drug-likeness (QED) is 0.728. The van der Waals surface area contributed by atoms with Crippen molar-refractivity contribution in [3.05, 3.63) is 60.2 Å². The monoisotopic (exact) mass is 371 g/mol. The van der Waals surface area contributed by atoms with E-state index in [1.165, 1.54) is 11.8 Å². The first-order valence-electron chi connectivity index (χ1n) is 8.53. The van der Waals surface area contributed by atoms with Gasteiger partial charge in [-0.25, -0.2) is 0 Å². The van der Waals surface area contributed by atoms with Gasteiger partial charge in [-0.3, -0.25) is 14.5 Å². The molecule has 2 aromatic carbocycles. The molecule has 1 heterocycles. The van der Waals surface area contributed by atoms with Gasteiger partial charge in [0.25, 0.3) is 0 Å². The van der Waals surface area contributed by atoms with E-state index >= 15 is 0 Å². The van der Waals surface area contributed by atoms with Crippen molar-refractivity contribution >= 4 is 29.3 Å². The molecule has 3 rings (SSSR count). The molecule has 0 N–H and O–H groups in total. The predicted octanol–water partition coefficient (Wildman–Crippen LogP) is 3.45. The molecular formula is C20H21NO4S. The Morgan fingerprint density at radius 3 is 2.62 bits per heavy atom. The van der Waals surface area contributed by atoms with Crippen LogP contribution in [0.2, 0.25) is 0 Å². The van der Waals surface area contributed by atoms with Gasteiger partial charge in [0.15, 0.2) is 0 Å². The highest BCUT2D eigenvalue weighted by molar-refractivity contribution is 8.00. The van der Waals surface area contributed by atoms with Gasteiger partial charge in [-0.1, -0.05) is 42.5 Å². The highest BCUT2D eigenvalue weighted by Gasteiger charge is 2.33. The highest BCUT2D eigenvalue weighted by atomic mass is 32.2.